The number of carbonyl (C=O) groups excluding carboxylic acids is 1. The van der Waals surface area contributed by atoms with Gasteiger partial charge in [0.15, 0.2) is 0 Å². The first kappa shape index (κ1) is 12.5. The van der Waals surface area contributed by atoms with Crippen LogP contribution in [0.15, 0.2) is 0 Å². The number of hydrogen-bond donors (Lipinski definition) is 0. The maximum atomic E-state index is 11.1. The zero-order chi connectivity index (χ0) is 11.1. The van der Waals surface area contributed by atoms with Crippen LogP contribution in [0.1, 0.15) is 45.4 Å². The molecule has 0 aromatic carbocycles. The quantitative estimate of drug-likeness (QED) is 0.633. The Morgan fingerprint density at radius 2 is 2.07 bits per heavy atom. The lowest BCUT2D eigenvalue weighted by Gasteiger charge is -2.23. The molecule has 15 heavy (non-hydrogen) atoms. The van der Waals surface area contributed by atoms with Gasteiger partial charge in [0, 0.05) is 12.5 Å². The van der Waals surface area contributed by atoms with Crippen molar-refractivity contribution in [3.05, 3.63) is 0 Å². The molecule has 0 bridgehead atoms. The summed E-state index contributed by atoms with van der Waals surface area (Å²) < 4.78 is 4.89. The van der Waals surface area contributed by atoms with Crippen LogP contribution >= 0.6 is 0 Å². The van der Waals surface area contributed by atoms with E-state index in [2.05, 4.69) is 11.9 Å². The lowest BCUT2D eigenvalue weighted by Crippen LogP contribution is -2.30. The van der Waals surface area contributed by atoms with Gasteiger partial charge in [-0.15, -0.1) is 0 Å². The van der Waals surface area contributed by atoms with E-state index in [0.29, 0.717) is 13.0 Å². The Hall–Kier alpha value is -0.570. The molecule has 0 amide bonds. The van der Waals surface area contributed by atoms with E-state index in [9.17, 15) is 4.79 Å². The van der Waals surface area contributed by atoms with Crippen molar-refractivity contribution in [3.63, 3.8) is 0 Å². The number of nitrogens with zero attached hydrogens (tertiary/aromatic N) is 1. The zero-order valence-electron chi connectivity index (χ0n) is 10.00. The molecule has 1 saturated carbocycles. The topological polar surface area (TPSA) is 29.5 Å². The Labute approximate surface area is 92.8 Å². The monoisotopic (exact) mass is 213 g/mol. The average molecular weight is 213 g/mol. The van der Waals surface area contributed by atoms with Crippen LogP contribution in [0.5, 0.6) is 0 Å². The van der Waals surface area contributed by atoms with Gasteiger partial charge in [-0.1, -0.05) is 12.8 Å². The molecule has 0 aromatic heterocycles. The highest BCUT2D eigenvalue weighted by Crippen LogP contribution is 2.22. The van der Waals surface area contributed by atoms with E-state index in [-0.39, 0.29) is 5.97 Å². The normalized spacial score (nSPS) is 17.3. The van der Waals surface area contributed by atoms with Crippen molar-refractivity contribution >= 4 is 5.97 Å². The number of rotatable bonds is 6. The molecular formula is C12H23NO2. The maximum absolute atomic E-state index is 11.1. The second-order valence-electron chi connectivity index (χ2n) is 4.33. The van der Waals surface area contributed by atoms with Gasteiger partial charge in [0.25, 0.3) is 0 Å². The van der Waals surface area contributed by atoms with Gasteiger partial charge >= 0.3 is 5.97 Å². The summed E-state index contributed by atoms with van der Waals surface area (Å²) in [7, 11) is 2.17. The third-order valence-electron chi connectivity index (χ3n) is 3.15. The SMILES string of the molecule is CCOC(=O)CCCN(C)C1CCCC1. The molecule has 1 rings (SSSR count). The molecule has 0 aromatic rings. The summed E-state index contributed by atoms with van der Waals surface area (Å²) in [5, 5.41) is 0. The van der Waals surface area contributed by atoms with Crippen LogP contribution in [0, 0.1) is 0 Å². The minimum absolute atomic E-state index is 0.0580. The van der Waals surface area contributed by atoms with Crippen LogP contribution in [0.25, 0.3) is 0 Å². The Morgan fingerprint density at radius 1 is 1.40 bits per heavy atom. The Balaban J connectivity index is 2.05. The largest absolute Gasteiger partial charge is 0.466 e. The van der Waals surface area contributed by atoms with Crippen LogP contribution < -0.4 is 0 Å². The van der Waals surface area contributed by atoms with Gasteiger partial charge in [0.1, 0.15) is 0 Å². The van der Waals surface area contributed by atoms with E-state index in [1.807, 2.05) is 6.92 Å². The predicted molar refractivity (Wildman–Crippen MR) is 60.8 cm³/mol. The molecule has 0 aliphatic heterocycles. The van der Waals surface area contributed by atoms with Crippen LogP contribution in [0.4, 0.5) is 0 Å². The van der Waals surface area contributed by atoms with E-state index < -0.39 is 0 Å². The summed E-state index contributed by atoms with van der Waals surface area (Å²) in [6, 6.07) is 0.757. The standard InChI is InChI=1S/C12H23NO2/c1-3-15-12(14)9-6-10-13(2)11-7-4-5-8-11/h11H,3-10H2,1-2H3. The van der Waals surface area contributed by atoms with Crippen molar-refractivity contribution in [2.45, 2.75) is 51.5 Å². The number of esters is 1. The molecule has 0 saturated heterocycles. The summed E-state index contributed by atoms with van der Waals surface area (Å²) in [5.41, 5.74) is 0. The first-order valence-corrected chi connectivity index (χ1v) is 6.10. The average Bonchev–Trinajstić information content (AvgIpc) is 2.70. The molecule has 88 valence electrons. The first-order valence-electron chi connectivity index (χ1n) is 6.10. The van der Waals surface area contributed by atoms with Crippen molar-refractivity contribution in [2.24, 2.45) is 0 Å². The van der Waals surface area contributed by atoms with Gasteiger partial charge in [0.05, 0.1) is 6.61 Å². The van der Waals surface area contributed by atoms with Crippen LogP contribution in [-0.2, 0) is 9.53 Å². The van der Waals surface area contributed by atoms with Crippen LogP contribution in [0.3, 0.4) is 0 Å². The lowest BCUT2D eigenvalue weighted by molar-refractivity contribution is -0.143. The molecule has 0 unspecified atom stereocenters. The molecule has 3 nitrogen and oxygen atoms in total. The molecule has 0 heterocycles. The molecule has 1 fully saturated rings. The highest BCUT2D eigenvalue weighted by molar-refractivity contribution is 5.69. The van der Waals surface area contributed by atoms with Gasteiger partial charge < -0.3 is 9.64 Å². The van der Waals surface area contributed by atoms with Gasteiger partial charge in [0.2, 0.25) is 0 Å². The fourth-order valence-electron chi connectivity index (χ4n) is 2.23. The minimum atomic E-state index is -0.0580. The molecular weight excluding hydrogens is 190 g/mol. The second kappa shape index (κ2) is 6.83. The molecule has 1 aliphatic rings. The molecule has 0 N–H and O–H groups in total. The van der Waals surface area contributed by atoms with Crippen molar-refractivity contribution < 1.29 is 9.53 Å². The molecule has 3 heteroatoms. The second-order valence-corrected chi connectivity index (χ2v) is 4.33. The van der Waals surface area contributed by atoms with Gasteiger partial charge in [-0.3, -0.25) is 4.79 Å². The van der Waals surface area contributed by atoms with Gasteiger partial charge in [-0.25, -0.2) is 0 Å². The van der Waals surface area contributed by atoms with Crippen molar-refractivity contribution in [1.29, 1.82) is 0 Å². The first-order chi connectivity index (χ1) is 7.24. The highest BCUT2D eigenvalue weighted by atomic mass is 16.5. The fourth-order valence-corrected chi connectivity index (χ4v) is 2.23. The van der Waals surface area contributed by atoms with Crippen LogP contribution in [0.2, 0.25) is 0 Å². The third kappa shape index (κ3) is 4.65. The zero-order valence-corrected chi connectivity index (χ0v) is 10.00. The third-order valence-corrected chi connectivity index (χ3v) is 3.15. The van der Waals surface area contributed by atoms with Crippen molar-refractivity contribution in [1.82, 2.24) is 4.90 Å². The minimum Gasteiger partial charge on any atom is -0.466 e. The van der Waals surface area contributed by atoms with E-state index in [1.165, 1.54) is 25.7 Å². The summed E-state index contributed by atoms with van der Waals surface area (Å²) in [6.07, 6.45) is 6.88. The van der Waals surface area contributed by atoms with Crippen LogP contribution in [-0.4, -0.2) is 37.1 Å². The predicted octanol–water partition coefficient (Wildman–Crippen LogP) is 2.20. The van der Waals surface area contributed by atoms with Crippen molar-refractivity contribution in [2.75, 3.05) is 20.2 Å². The lowest BCUT2D eigenvalue weighted by atomic mass is 10.2. The molecule has 0 atom stereocenters. The molecule has 1 aliphatic carbocycles. The van der Waals surface area contributed by atoms with Crippen molar-refractivity contribution in [3.8, 4) is 0 Å². The number of hydrogen-bond acceptors (Lipinski definition) is 3. The van der Waals surface area contributed by atoms with E-state index in [4.69, 9.17) is 4.74 Å². The Morgan fingerprint density at radius 3 is 2.67 bits per heavy atom. The molecule has 0 spiro atoms. The Kier molecular flexibility index (Phi) is 5.69. The molecule has 0 radical (unpaired) electrons. The Bertz CT molecular complexity index is 188. The van der Waals surface area contributed by atoms with E-state index >= 15 is 0 Å². The smallest absolute Gasteiger partial charge is 0.305 e. The van der Waals surface area contributed by atoms with Gasteiger partial charge in [-0.2, -0.15) is 0 Å². The highest BCUT2D eigenvalue weighted by Gasteiger charge is 2.18. The summed E-state index contributed by atoms with van der Waals surface area (Å²) >= 11 is 0. The number of ether oxygens (including phenoxy) is 1. The summed E-state index contributed by atoms with van der Waals surface area (Å²) in [6.45, 7) is 3.36. The fraction of sp³-hybridized carbons (Fsp3) is 0.917. The maximum Gasteiger partial charge on any atom is 0.305 e. The summed E-state index contributed by atoms with van der Waals surface area (Å²) in [4.78, 5) is 13.5. The number of carbonyl (C=O) groups is 1. The van der Waals surface area contributed by atoms with E-state index in [0.717, 1.165) is 19.0 Å². The van der Waals surface area contributed by atoms with E-state index in [1.54, 1.807) is 0 Å². The van der Waals surface area contributed by atoms with Gasteiger partial charge in [-0.05, 0) is 39.8 Å². The summed E-state index contributed by atoms with van der Waals surface area (Å²) in [5.74, 6) is -0.0580.